The number of hydrogen-bond donors (Lipinski definition) is 0. The predicted molar refractivity (Wildman–Crippen MR) is 81.0 cm³/mol. The molecular weight excluding hydrogens is 268 g/mol. The van der Waals surface area contributed by atoms with E-state index in [1.807, 2.05) is 12.1 Å². The summed E-state index contributed by atoms with van der Waals surface area (Å²) in [4.78, 5) is 22.1. The predicted octanol–water partition coefficient (Wildman–Crippen LogP) is 3.07. The SMILES string of the molecule is COC(=O)CCCCCCc1ccc(CC(=O)OC)cc1. The van der Waals surface area contributed by atoms with E-state index in [-0.39, 0.29) is 11.9 Å². The van der Waals surface area contributed by atoms with Crippen molar-refractivity contribution in [2.75, 3.05) is 14.2 Å². The molecule has 0 unspecified atom stereocenters. The topological polar surface area (TPSA) is 52.6 Å². The van der Waals surface area contributed by atoms with Crippen molar-refractivity contribution in [3.05, 3.63) is 35.4 Å². The van der Waals surface area contributed by atoms with E-state index in [1.165, 1.54) is 19.8 Å². The Labute approximate surface area is 126 Å². The highest BCUT2D eigenvalue weighted by atomic mass is 16.5. The maximum absolute atomic E-state index is 11.2. The highest BCUT2D eigenvalue weighted by molar-refractivity contribution is 5.72. The van der Waals surface area contributed by atoms with E-state index in [2.05, 4.69) is 21.6 Å². The summed E-state index contributed by atoms with van der Waals surface area (Å²) >= 11 is 0. The van der Waals surface area contributed by atoms with E-state index >= 15 is 0 Å². The van der Waals surface area contributed by atoms with E-state index in [4.69, 9.17) is 0 Å². The van der Waals surface area contributed by atoms with Gasteiger partial charge in [0, 0.05) is 6.42 Å². The molecule has 116 valence electrons. The Balaban J connectivity index is 2.18. The van der Waals surface area contributed by atoms with Crippen molar-refractivity contribution in [3.63, 3.8) is 0 Å². The van der Waals surface area contributed by atoms with E-state index in [9.17, 15) is 9.59 Å². The maximum atomic E-state index is 11.2. The largest absolute Gasteiger partial charge is 0.469 e. The minimum Gasteiger partial charge on any atom is -0.469 e. The van der Waals surface area contributed by atoms with Crippen LogP contribution >= 0.6 is 0 Å². The summed E-state index contributed by atoms with van der Waals surface area (Å²) in [6, 6.07) is 8.08. The number of aryl methyl sites for hydroxylation is 1. The van der Waals surface area contributed by atoms with Crippen LogP contribution in [0, 0.1) is 0 Å². The van der Waals surface area contributed by atoms with Gasteiger partial charge in [-0.3, -0.25) is 9.59 Å². The van der Waals surface area contributed by atoms with Gasteiger partial charge in [0.05, 0.1) is 20.6 Å². The van der Waals surface area contributed by atoms with Gasteiger partial charge in [-0.05, 0) is 30.4 Å². The lowest BCUT2D eigenvalue weighted by molar-refractivity contribution is -0.141. The van der Waals surface area contributed by atoms with Crippen LogP contribution in [-0.2, 0) is 31.9 Å². The maximum Gasteiger partial charge on any atom is 0.309 e. The Bertz CT molecular complexity index is 437. The van der Waals surface area contributed by atoms with Gasteiger partial charge in [-0.25, -0.2) is 0 Å². The Morgan fingerprint density at radius 3 is 2.00 bits per heavy atom. The molecule has 0 saturated heterocycles. The van der Waals surface area contributed by atoms with Crippen molar-refractivity contribution >= 4 is 11.9 Å². The third-order valence-electron chi connectivity index (χ3n) is 3.42. The number of methoxy groups -OCH3 is 2. The van der Waals surface area contributed by atoms with Crippen LogP contribution in [0.3, 0.4) is 0 Å². The van der Waals surface area contributed by atoms with Crippen LogP contribution in [0.25, 0.3) is 0 Å². The Kier molecular flexibility index (Phi) is 8.17. The molecule has 0 saturated carbocycles. The first kappa shape index (κ1) is 17.2. The first-order valence-corrected chi connectivity index (χ1v) is 7.37. The number of carbonyl (C=O) groups excluding carboxylic acids is 2. The molecule has 0 bridgehead atoms. The number of rotatable bonds is 9. The molecule has 1 aromatic carbocycles. The fourth-order valence-corrected chi connectivity index (χ4v) is 2.12. The van der Waals surface area contributed by atoms with Crippen LogP contribution in [0.5, 0.6) is 0 Å². The van der Waals surface area contributed by atoms with Gasteiger partial charge in [0.25, 0.3) is 0 Å². The lowest BCUT2D eigenvalue weighted by Crippen LogP contribution is -2.04. The van der Waals surface area contributed by atoms with Crippen molar-refractivity contribution < 1.29 is 19.1 Å². The van der Waals surface area contributed by atoms with Crippen LogP contribution in [0.2, 0.25) is 0 Å². The summed E-state index contributed by atoms with van der Waals surface area (Å²) in [5.41, 5.74) is 2.25. The van der Waals surface area contributed by atoms with Crippen LogP contribution in [-0.4, -0.2) is 26.2 Å². The number of esters is 2. The molecule has 0 atom stereocenters. The van der Waals surface area contributed by atoms with Crippen LogP contribution < -0.4 is 0 Å². The molecule has 0 radical (unpaired) electrons. The molecule has 1 aromatic rings. The Morgan fingerprint density at radius 1 is 0.810 bits per heavy atom. The molecule has 0 fully saturated rings. The molecule has 0 N–H and O–H groups in total. The number of carbonyl (C=O) groups is 2. The summed E-state index contributed by atoms with van der Waals surface area (Å²) in [5, 5.41) is 0. The molecule has 0 aliphatic heterocycles. The first-order chi connectivity index (χ1) is 10.2. The second-order valence-electron chi connectivity index (χ2n) is 5.06. The molecule has 0 amide bonds. The summed E-state index contributed by atoms with van der Waals surface area (Å²) in [5.74, 6) is -0.343. The zero-order valence-electron chi connectivity index (χ0n) is 12.9. The molecule has 0 aliphatic rings. The number of benzene rings is 1. The van der Waals surface area contributed by atoms with Gasteiger partial charge >= 0.3 is 11.9 Å². The van der Waals surface area contributed by atoms with Crippen molar-refractivity contribution in [2.24, 2.45) is 0 Å². The fourth-order valence-electron chi connectivity index (χ4n) is 2.12. The second kappa shape index (κ2) is 9.97. The number of hydrogen-bond acceptors (Lipinski definition) is 4. The summed E-state index contributed by atoms with van der Waals surface area (Å²) < 4.78 is 9.24. The van der Waals surface area contributed by atoms with Gasteiger partial charge in [0.1, 0.15) is 0 Å². The average molecular weight is 292 g/mol. The highest BCUT2D eigenvalue weighted by Crippen LogP contribution is 2.11. The third kappa shape index (κ3) is 7.49. The normalized spacial score (nSPS) is 10.2. The molecule has 0 aromatic heterocycles. The monoisotopic (exact) mass is 292 g/mol. The molecule has 4 nitrogen and oxygen atoms in total. The molecule has 0 heterocycles. The molecule has 21 heavy (non-hydrogen) atoms. The quantitative estimate of drug-likeness (QED) is 0.518. The van der Waals surface area contributed by atoms with Gasteiger partial charge in [0.2, 0.25) is 0 Å². The molecule has 1 rings (SSSR count). The Hall–Kier alpha value is -1.84. The van der Waals surface area contributed by atoms with Crippen LogP contribution in [0.15, 0.2) is 24.3 Å². The summed E-state index contributed by atoms with van der Waals surface area (Å²) in [6.45, 7) is 0. The fraction of sp³-hybridized carbons (Fsp3) is 0.529. The zero-order chi connectivity index (χ0) is 15.5. The minimum atomic E-state index is -0.214. The standard InChI is InChI=1S/C17H24O4/c1-20-16(18)8-6-4-3-5-7-14-9-11-15(12-10-14)13-17(19)21-2/h9-12H,3-8,13H2,1-2H3. The summed E-state index contributed by atoms with van der Waals surface area (Å²) in [6.07, 6.45) is 6.03. The molecule has 0 spiro atoms. The van der Waals surface area contributed by atoms with Crippen molar-refractivity contribution in [2.45, 2.75) is 44.9 Å². The molecule has 0 aliphatic carbocycles. The Morgan fingerprint density at radius 2 is 1.38 bits per heavy atom. The summed E-state index contributed by atoms with van der Waals surface area (Å²) in [7, 11) is 2.82. The van der Waals surface area contributed by atoms with Crippen LogP contribution in [0.4, 0.5) is 0 Å². The van der Waals surface area contributed by atoms with E-state index in [0.29, 0.717) is 12.8 Å². The van der Waals surface area contributed by atoms with E-state index < -0.39 is 0 Å². The van der Waals surface area contributed by atoms with Crippen molar-refractivity contribution in [1.29, 1.82) is 0 Å². The van der Waals surface area contributed by atoms with E-state index in [1.54, 1.807) is 0 Å². The number of unbranched alkanes of at least 4 members (excludes halogenated alkanes) is 3. The molecular formula is C17H24O4. The third-order valence-corrected chi connectivity index (χ3v) is 3.42. The lowest BCUT2D eigenvalue weighted by Gasteiger charge is -2.04. The smallest absolute Gasteiger partial charge is 0.309 e. The van der Waals surface area contributed by atoms with Gasteiger partial charge in [-0.15, -0.1) is 0 Å². The van der Waals surface area contributed by atoms with Crippen molar-refractivity contribution in [1.82, 2.24) is 0 Å². The van der Waals surface area contributed by atoms with Crippen LogP contribution in [0.1, 0.15) is 43.2 Å². The highest BCUT2D eigenvalue weighted by Gasteiger charge is 2.03. The lowest BCUT2D eigenvalue weighted by atomic mass is 10.0. The van der Waals surface area contributed by atoms with Gasteiger partial charge in [0.15, 0.2) is 0 Å². The average Bonchev–Trinajstić information content (AvgIpc) is 2.51. The van der Waals surface area contributed by atoms with E-state index in [0.717, 1.165) is 37.7 Å². The second-order valence-corrected chi connectivity index (χ2v) is 5.06. The zero-order valence-corrected chi connectivity index (χ0v) is 12.9. The first-order valence-electron chi connectivity index (χ1n) is 7.37. The number of ether oxygens (including phenoxy) is 2. The van der Waals surface area contributed by atoms with Gasteiger partial charge < -0.3 is 9.47 Å². The van der Waals surface area contributed by atoms with Crippen molar-refractivity contribution in [3.8, 4) is 0 Å². The van der Waals surface area contributed by atoms with Gasteiger partial charge in [-0.2, -0.15) is 0 Å². The van der Waals surface area contributed by atoms with Gasteiger partial charge in [-0.1, -0.05) is 37.1 Å². The molecule has 4 heteroatoms. The minimum absolute atomic E-state index is 0.129.